The van der Waals surface area contributed by atoms with E-state index in [-0.39, 0.29) is 5.66 Å². The molecule has 0 aromatic heterocycles. The van der Waals surface area contributed by atoms with Crippen molar-refractivity contribution in [2.45, 2.75) is 38.8 Å². The summed E-state index contributed by atoms with van der Waals surface area (Å²) in [7, 11) is 1.70. The number of hydrogen-bond acceptors (Lipinski definition) is 3. The number of ether oxygens (including phenoxy) is 1. The summed E-state index contributed by atoms with van der Waals surface area (Å²) in [5, 5.41) is 0. The van der Waals surface area contributed by atoms with Crippen LogP contribution < -0.4 is 10.5 Å². The summed E-state index contributed by atoms with van der Waals surface area (Å²) >= 11 is 0. The highest BCUT2D eigenvalue weighted by atomic mass is 16.5. The molecule has 106 valence electrons. The molecule has 1 aliphatic rings. The Morgan fingerprint density at radius 2 is 2.05 bits per heavy atom. The van der Waals surface area contributed by atoms with Gasteiger partial charge in [0.15, 0.2) is 0 Å². The van der Waals surface area contributed by atoms with Gasteiger partial charge < -0.3 is 10.5 Å². The zero-order chi connectivity index (χ0) is 13.9. The van der Waals surface area contributed by atoms with Crippen LogP contribution in [0.15, 0.2) is 24.3 Å². The van der Waals surface area contributed by atoms with E-state index in [9.17, 15) is 0 Å². The van der Waals surface area contributed by atoms with E-state index in [1.807, 2.05) is 12.1 Å². The van der Waals surface area contributed by atoms with E-state index in [4.69, 9.17) is 10.5 Å². The number of nitrogens with two attached hydrogens (primary N) is 1. The highest BCUT2D eigenvalue weighted by Crippen LogP contribution is 2.24. The minimum absolute atomic E-state index is 0.271. The van der Waals surface area contributed by atoms with Gasteiger partial charge in [-0.2, -0.15) is 0 Å². The molecule has 0 aliphatic carbocycles. The molecular weight excluding hydrogens is 236 g/mol. The SMILES string of the molecule is COc1cccc(CC(C)(N)N2CCC(C)CC2)c1. The summed E-state index contributed by atoms with van der Waals surface area (Å²) in [5.74, 6) is 1.74. The minimum atomic E-state index is -0.271. The van der Waals surface area contributed by atoms with Gasteiger partial charge in [0.05, 0.1) is 12.8 Å². The van der Waals surface area contributed by atoms with Crippen molar-refractivity contribution in [1.29, 1.82) is 0 Å². The molecule has 3 nitrogen and oxygen atoms in total. The smallest absolute Gasteiger partial charge is 0.119 e. The van der Waals surface area contributed by atoms with E-state index in [1.165, 1.54) is 18.4 Å². The second kappa shape index (κ2) is 5.93. The first-order valence-electron chi connectivity index (χ1n) is 7.18. The quantitative estimate of drug-likeness (QED) is 0.906. The number of likely N-dealkylation sites (tertiary alicyclic amines) is 1. The Balaban J connectivity index is 2.03. The molecule has 0 saturated carbocycles. The summed E-state index contributed by atoms with van der Waals surface area (Å²) in [6.45, 7) is 6.69. The number of piperidine rings is 1. The predicted octanol–water partition coefficient (Wildman–Crippen LogP) is 2.64. The summed E-state index contributed by atoms with van der Waals surface area (Å²) < 4.78 is 5.27. The topological polar surface area (TPSA) is 38.5 Å². The molecule has 0 radical (unpaired) electrons. The number of nitrogens with zero attached hydrogens (tertiary/aromatic N) is 1. The molecule has 1 saturated heterocycles. The Morgan fingerprint density at radius 1 is 1.37 bits per heavy atom. The normalized spacial score (nSPS) is 21.1. The average Bonchev–Trinajstić information content (AvgIpc) is 2.39. The van der Waals surface area contributed by atoms with Gasteiger partial charge in [-0.15, -0.1) is 0 Å². The van der Waals surface area contributed by atoms with Gasteiger partial charge >= 0.3 is 0 Å². The third-order valence-electron chi connectivity index (χ3n) is 4.20. The lowest BCUT2D eigenvalue weighted by Gasteiger charge is -2.42. The van der Waals surface area contributed by atoms with Gasteiger partial charge in [0.25, 0.3) is 0 Å². The first-order valence-corrected chi connectivity index (χ1v) is 7.18. The molecule has 1 heterocycles. The van der Waals surface area contributed by atoms with Crippen LogP contribution in [0.3, 0.4) is 0 Å². The van der Waals surface area contributed by atoms with Crippen LogP contribution in [0.1, 0.15) is 32.3 Å². The standard InChI is InChI=1S/C16H26N2O/c1-13-7-9-18(10-8-13)16(2,17)12-14-5-4-6-15(11-14)19-3/h4-6,11,13H,7-10,12,17H2,1-3H3. The summed E-state index contributed by atoms with van der Waals surface area (Å²) in [4.78, 5) is 2.42. The van der Waals surface area contributed by atoms with Crippen molar-refractivity contribution in [2.24, 2.45) is 11.7 Å². The third-order valence-corrected chi connectivity index (χ3v) is 4.20. The van der Waals surface area contributed by atoms with Crippen molar-refractivity contribution in [1.82, 2.24) is 4.90 Å². The zero-order valence-corrected chi connectivity index (χ0v) is 12.4. The maximum atomic E-state index is 6.55. The van der Waals surface area contributed by atoms with Crippen molar-refractivity contribution in [3.8, 4) is 5.75 Å². The Labute approximate surface area is 116 Å². The van der Waals surface area contributed by atoms with E-state index < -0.39 is 0 Å². The van der Waals surface area contributed by atoms with Crippen molar-refractivity contribution in [2.75, 3.05) is 20.2 Å². The van der Waals surface area contributed by atoms with Crippen LogP contribution in [-0.4, -0.2) is 30.8 Å². The molecule has 1 fully saturated rings. The van der Waals surface area contributed by atoms with E-state index in [0.717, 1.165) is 31.2 Å². The molecule has 2 rings (SSSR count). The first-order chi connectivity index (χ1) is 9.01. The largest absolute Gasteiger partial charge is 0.497 e. The number of hydrogen-bond donors (Lipinski definition) is 1. The number of methoxy groups -OCH3 is 1. The highest BCUT2D eigenvalue weighted by Gasteiger charge is 2.30. The maximum Gasteiger partial charge on any atom is 0.119 e. The van der Waals surface area contributed by atoms with Crippen LogP contribution in [0.5, 0.6) is 5.75 Å². The second-order valence-electron chi connectivity index (χ2n) is 6.06. The molecule has 3 heteroatoms. The van der Waals surface area contributed by atoms with Crippen LogP contribution in [0.4, 0.5) is 0 Å². The lowest BCUT2D eigenvalue weighted by atomic mass is 9.93. The Morgan fingerprint density at radius 3 is 2.68 bits per heavy atom. The molecule has 1 aliphatic heterocycles. The molecule has 2 N–H and O–H groups in total. The average molecular weight is 262 g/mol. The van der Waals surface area contributed by atoms with Crippen molar-refractivity contribution >= 4 is 0 Å². The molecular formula is C16H26N2O. The van der Waals surface area contributed by atoms with E-state index in [0.29, 0.717) is 0 Å². The molecule has 1 atom stereocenters. The predicted molar refractivity (Wildman–Crippen MR) is 79.3 cm³/mol. The summed E-state index contributed by atoms with van der Waals surface area (Å²) in [6, 6.07) is 8.21. The van der Waals surface area contributed by atoms with Crippen LogP contribution >= 0.6 is 0 Å². The van der Waals surface area contributed by atoms with Gasteiger partial charge in [-0.05, 0) is 43.4 Å². The first kappa shape index (κ1) is 14.4. The van der Waals surface area contributed by atoms with Gasteiger partial charge in [0.1, 0.15) is 5.75 Å². The summed E-state index contributed by atoms with van der Waals surface area (Å²) in [5.41, 5.74) is 7.51. The Hall–Kier alpha value is -1.06. The van der Waals surface area contributed by atoms with Crippen LogP contribution in [0.2, 0.25) is 0 Å². The molecule has 1 unspecified atom stereocenters. The molecule has 19 heavy (non-hydrogen) atoms. The second-order valence-corrected chi connectivity index (χ2v) is 6.06. The molecule has 0 amide bonds. The monoisotopic (exact) mass is 262 g/mol. The van der Waals surface area contributed by atoms with Gasteiger partial charge in [-0.25, -0.2) is 0 Å². The van der Waals surface area contributed by atoms with Crippen molar-refractivity contribution in [3.63, 3.8) is 0 Å². The molecule has 0 bridgehead atoms. The lowest BCUT2D eigenvalue weighted by Crippen LogP contribution is -2.57. The maximum absolute atomic E-state index is 6.55. The van der Waals surface area contributed by atoms with Crippen molar-refractivity contribution < 1.29 is 4.74 Å². The zero-order valence-electron chi connectivity index (χ0n) is 12.4. The molecule has 0 spiro atoms. The van der Waals surface area contributed by atoms with E-state index in [2.05, 4.69) is 30.9 Å². The van der Waals surface area contributed by atoms with Crippen LogP contribution in [0.25, 0.3) is 0 Å². The Bertz CT molecular complexity index is 409. The van der Waals surface area contributed by atoms with E-state index >= 15 is 0 Å². The van der Waals surface area contributed by atoms with Gasteiger partial charge in [0, 0.05) is 19.5 Å². The fraction of sp³-hybridized carbons (Fsp3) is 0.625. The van der Waals surface area contributed by atoms with Crippen molar-refractivity contribution in [3.05, 3.63) is 29.8 Å². The molecule has 1 aromatic rings. The van der Waals surface area contributed by atoms with Gasteiger partial charge in [-0.1, -0.05) is 19.1 Å². The van der Waals surface area contributed by atoms with Gasteiger partial charge in [-0.3, -0.25) is 4.90 Å². The van der Waals surface area contributed by atoms with E-state index in [1.54, 1.807) is 7.11 Å². The number of benzene rings is 1. The Kier molecular flexibility index (Phi) is 4.48. The highest BCUT2D eigenvalue weighted by molar-refractivity contribution is 5.29. The number of rotatable bonds is 4. The molecule has 1 aromatic carbocycles. The third kappa shape index (κ3) is 3.71. The minimum Gasteiger partial charge on any atom is -0.497 e. The fourth-order valence-corrected chi connectivity index (χ4v) is 2.83. The fourth-order valence-electron chi connectivity index (χ4n) is 2.83. The summed E-state index contributed by atoms with van der Waals surface area (Å²) in [6.07, 6.45) is 3.37. The van der Waals surface area contributed by atoms with Crippen LogP contribution in [0, 0.1) is 5.92 Å². The lowest BCUT2D eigenvalue weighted by molar-refractivity contribution is 0.0694. The van der Waals surface area contributed by atoms with Gasteiger partial charge in [0.2, 0.25) is 0 Å². The van der Waals surface area contributed by atoms with Crippen LogP contribution in [-0.2, 0) is 6.42 Å².